The first-order valence-corrected chi connectivity index (χ1v) is 8.11. The number of carbonyl (C=O) groups is 1. The van der Waals surface area contributed by atoms with Gasteiger partial charge in [0, 0.05) is 6.26 Å². The molecule has 6 nitrogen and oxygen atoms in total. The number of benzene rings is 1. The summed E-state index contributed by atoms with van der Waals surface area (Å²) in [5, 5.41) is 0. The van der Waals surface area contributed by atoms with Crippen LogP contribution < -0.4 is 10.5 Å². The SMILES string of the molecule is COc1ccc(COC(=O)C(N)CCS(C)(=O)=O)cc1. The summed E-state index contributed by atoms with van der Waals surface area (Å²) in [6.45, 7) is 0.0927. The Balaban J connectivity index is 2.41. The minimum absolute atomic E-state index is 0.0558. The molecule has 2 N–H and O–H groups in total. The first-order chi connectivity index (χ1) is 9.31. The number of carbonyl (C=O) groups excluding carboxylic acids is 1. The number of esters is 1. The summed E-state index contributed by atoms with van der Waals surface area (Å²) < 4.78 is 32.0. The zero-order valence-electron chi connectivity index (χ0n) is 11.5. The summed E-state index contributed by atoms with van der Waals surface area (Å²) in [5.74, 6) is -0.0272. The maximum atomic E-state index is 11.6. The van der Waals surface area contributed by atoms with Gasteiger partial charge in [0.1, 0.15) is 28.2 Å². The number of nitrogens with two attached hydrogens (primary N) is 1. The van der Waals surface area contributed by atoms with E-state index in [1.54, 1.807) is 31.4 Å². The number of ether oxygens (including phenoxy) is 2. The topological polar surface area (TPSA) is 95.7 Å². The third-order valence-electron chi connectivity index (χ3n) is 2.64. The summed E-state index contributed by atoms with van der Waals surface area (Å²) in [6, 6.07) is 6.13. The van der Waals surface area contributed by atoms with Crippen LogP contribution in [0, 0.1) is 0 Å². The Morgan fingerprint density at radius 3 is 2.40 bits per heavy atom. The molecule has 0 amide bonds. The summed E-state index contributed by atoms with van der Waals surface area (Å²) in [7, 11) is -1.56. The van der Waals surface area contributed by atoms with Gasteiger partial charge in [0.25, 0.3) is 0 Å². The van der Waals surface area contributed by atoms with Crippen LogP contribution in [0.2, 0.25) is 0 Å². The summed E-state index contributed by atoms with van der Waals surface area (Å²) in [5.41, 5.74) is 6.38. The number of hydrogen-bond donors (Lipinski definition) is 1. The third-order valence-corrected chi connectivity index (χ3v) is 3.62. The van der Waals surface area contributed by atoms with Crippen LogP contribution in [-0.2, 0) is 26.0 Å². The molecule has 0 aromatic heterocycles. The molecule has 112 valence electrons. The van der Waals surface area contributed by atoms with Crippen molar-refractivity contribution in [1.82, 2.24) is 0 Å². The highest BCUT2D eigenvalue weighted by atomic mass is 32.2. The van der Waals surface area contributed by atoms with E-state index in [4.69, 9.17) is 15.2 Å². The lowest BCUT2D eigenvalue weighted by atomic mass is 10.2. The molecule has 0 aliphatic rings. The molecule has 0 fully saturated rings. The normalized spacial score (nSPS) is 12.8. The van der Waals surface area contributed by atoms with Crippen LogP contribution in [0.1, 0.15) is 12.0 Å². The summed E-state index contributed by atoms with van der Waals surface area (Å²) in [4.78, 5) is 11.6. The Bertz CT molecular complexity index is 538. The first kappa shape index (κ1) is 16.5. The lowest BCUT2D eigenvalue weighted by Crippen LogP contribution is -2.34. The maximum Gasteiger partial charge on any atom is 0.323 e. The van der Waals surface area contributed by atoms with Crippen molar-refractivity contribution in [2.75, 3.05) is 19.1 Å². The van der Waals surface area contributed by atoms with Gasteiger partial charge in [-0.05, 0) is 24.1 Å². The van der Waals surface area contributed by atoms with Crippen molar-refractivity contribution in [1.29, 1.82) is 0 Å². The van der Waals surface area contributed by atoms with Crippen molar-refractivity contribution < 1.29 is 22.7 Å². The third kappa shape index (κ3) is 6.03. The lowest BCUT2D eigenvalue weighted by Gasteiger charge is -2.11. The average molecular weight is 301 g/mol. The van der Waals surface area contributed by atoms with Gasteiger partial charge in [-0.3, -0.25) is 4.79 Å². The number of sulfone groups is 1. The van der Waals surface area contributed by atoms with Crippen LogP contribution in [0.3, 0.4) is 0 Å². The fourth-order valence-electron chi connectivity index (χ4n) is 1.44. The predicted octanol–water partition coefficient (Wildman–Crippen LogP) is 0.500. The quantitative estimate of drug-likeness (QED) is 0.737. The molecular formula is C13H19NO5S. The molecular weight excluding hydrogens is 282 g/mol. The zero-order valence-corrected chi connectivity index (χ0v) is 12.4. The maximum absolute atomic E-state index is 11.6. The van der Waals surface area contributed by atoms with Crippen molar-refractivity contribution in [3.63, 3.8) is 0 Å². The smallest absolute Gasteiger partial charge is 0.323 e. The van der Waals surface area contributed by atoms with Gasteiger partial charge in [0.15, 0.2) is 0 Å². The largest absolute Gasteiger partial charge is 0.497 e. The predicted molar refractivity (Wildman–Crippen MR) is 75.1 cm³/mol. The minimum atomic E-state index is -3.13. The summed E-state index contributed by atoms with van der Waals surface area (Å²) >= 11 is 0. The Hall–Kier alpha value is -1.60. The molecule has 0 saturated heterocycles. The van der Waals surface area contributed by atoms with E-state index in [1.165, 1.54) is 0 Å². The van der Waals surface area contributed by atoms with Crippen LogP contribution in [0.4, 0.5) is 0 Å². The van der Waals surface area contributed by atoms with Crippen molar-refractivity contribution in [3.8, 4) is 5.75 Å². The minimum Gasteiger partial charge on any atom is -0.497 e. The van der Waals surface area contributed by atoms with E-state index in [9.17, 15) is 13.2 Å². The summed E-state index contributed by atoms with van der Waals surface area (Å²) in [6.07, 6.45) is 1.16. The standard InChI is InChI=1S/C13H19NO5S/c1-18-11-5-3-10(4-6-11)9-19-13(15)12(14)7-8-20(2,16)17/h3-6,12H,7-9,14H2,1-2H3. The molecule has 1 rings (SSSR count). The lowest BCUT2D eigenvalue weighted by molar-refractivity contribution is -0.146. The molecule has 20 heavy (non-hydrogen) atoms. The molecule has 0 spiro atoms. The highest BCUT2D eigenvalue weighted by molar-refractivity contribution is 7.90. The van der Waals surface area contributed by atoms with E-state index in [2.05, 4.69) is 0 Å². The number of rotatable bonds is 7. The highest BCUT2D eigenvalue weighted by Gasteiger charge is 2.17. The van der Waals surface area contributed by atoms with E-state index in [1.807, 2.05) is 0 Å². The van der Waals surface area contributed by atoms with E-state index < -0.39 is 21.8 Å². The second-order valence-electron chi connectivity index (χ2n) is 4.48. The Morgan fingerprint density at radius 1 is 1.30 bits per heavy atom. The van der Waals surface area contributed by atoms with Gasteiger partial charge in [-0.25, -0.2) is 8.42 Å². The average Bonchev–Trinajstić information content (AvgIpc) is 2.41. The second-order valence-corrected chi connectivity index (χ2v) is 6.74. The first-order valence-electron chi connectivity index (χ1n) is 6.04. The van der Waals surface area contributed by atoms with Gasteiger partial charge in [-0.1, -0.05) is 12.1 Å². The fraction of sp³-hybridized carbons (Fsp3) is 0.462. The molecule has 0 radical (unpaired) electrons. The molecule has 0 heterocycles. The molecule has 0 saturated carbocycles. The van der Waals surface area contributed by atoms with Crippen LogP contribution >= 0.6 is 0 Å². The van der Waals surface area contributed by atoms with Crippen LogP contribution in [0.25, 0.3) is 0 Å². The monoisotopic (exact) mass is 301 g/mol. The van der Waals surface area contributed by atoms with Crippen LogP contribution in [0.15, 0.2) is 24.3 Å². The van der Waals surface area contributed by atoms with Gasteiger partial charge in [0.2, 0.25) is 0 Å². The van der Waals surface area contributed by atoms with Crippen molar-refractivity contribution >= 4 is 15.8 Å². The molecule has 1 atom stereocenters. The van der Waals surface area contributed by atoms with Gasteiger partial charge in [-0.2, -0.15) is 0 Å². The molecule has 0 bridgehead atoms. The van der Waals surface area contributed by atoms with E-state index in [0.29, 0.717) is 5.75 Å². The van der Waals surface area contributed by atoms with Crippen molar-refractivity contribution in [3.05, 3.63) is 29.8 Å². The van der Waals surface area contributed by atoms with E-state index >= 15 is 0 Å². The molecule has 1 unspecified atom stereocenters. The fourth-order valence-corrected chi connectivity index (χ4v) is 2.12. The zero-order chi connectivity index (χ0) is 15.2. The Labute approximate surface area is 118 Å². The number of methoxy groups -OCH3 is 1. The van der Waals surface area contributed by atoms with Gasteiger partial charge < -0.3 is 15.2 Å². The van der Waals surface area contributed by atoms with Gasteiger partial charge >= 0.3 is 5.97 Å². The van der Waals surface area contributed by atoms with Gasteiger partial charge in [0.05, 0.1) is 12.9 Å². The molecule has 0 aliphatic carbocycles. The van der Waals surface area contributed by atoms with Crippen LogP contribution in [-0.4, -0.2) is 39.5 Å². The molecule has 7 heteroatoms. The molecule has 1 aromatic carbocycles. The molecule has 0 aliphatic heterocycles. The Morgan fingerprint density at radius 2 is 1.90 bits per heavy atom. The Kier molecular flexibility index (Phi) is 5.97. The van der Waals surface area contributed by atoms with E-state index in [0.717, 1.165) is 11.8 Å². The number of hydrogen-bond acceptors (Lipinski definition) is 6. The van der Waals surface area contributed by atoms with Gasteiger partial charge in [-0.15, -0.1) is 0 Å². The second kappa shape index (κ2) is 7.25. The van der Waals surface area contributed by atoms with Crippen molar-refractivity contribution in [2.24, 2.45) is 5.73 Å². The molecule has 1 aromatic rings. The van der Waals surface area contributed by atoms with Crippen LogP contribution in [0.5, 0.6) is 5.75 Å². The van der Waals surface area contributed by atoms with Crippen molar-refractivity contribution in [2.45, 2.75) is 19.1 Å². The highest BCUT2D eigenvalue weighted by Crippen LogP contribution is 2.12. The van der Waals surface area contributed by atoms with E-state index in [-0.39, 0.29) is 18.8 Å².